The predicted molar refractivity (Wildman–Crippen MR) is 76.1 cm³/mol. The molecular weight excluding hydrogens is 248 g/mol. The molecule has 0 bridgehead atoms. The number of alkyl halides is 1. The number of rotatable bonds is 2. The van der Waals surface area contributed by atoms with Gasteiger partial charge in [-0.2, -0.15) is 0 Å². The van der Waals surface area contributed by atoms with Crippen molar-refractivity contribution in [3.63, 3.8) is 0 Å². The zero-order valence-corrected chi connectivity index (χ0v) is 11.9. The van der Waals surface area contributed by atoms with E-state index in [0.29, 0.717) is 10.8 Å². The van der Waals surface area contributed by atoms with Gasteiger partial charge < -0.3 is 0 Å². The van der Waals surface area contributed by atoms with Crippen LogP contribution in [-0.4, -0.2) is 11.1 Å². The molecule has 1 heterocycles. The third-order valence-corrected chi connectivity index (χ3v) is 5.94. The van der Waals surface area contributed by atoms with Gasteiger partial charge in [0.05, 0.1) is 0 Å². The summed E-state index contributed by atoms with van der Waals surface area (Å²) in [4.78, 5) is 1.50. The maximum Gasteiger partial charge on any atom is 0.0341 e. The summed E-state index contributed by atoms with van der Waals surface area (Å²) < 4.78 is 0. The van der Waals surface area contributed by atoms with Gasteiger partial charge in [-0.05, 0) is 48.6 Å². The SMILES string of the molecule is CC1(CC2CSc3ccccc32)CCC(Cl)C1. The lowest BCUT2D eigenvalue weighted by molar-refractivity contribution is 0.289. The van der Waals surface area contributed by atoms with Gasteiger partial charge in [-0.1, -0.05) is 25.1 Å². The lowest BCUT2D eigenvalue weighted by Gasteiger charge is -2.27. The third-order valence-electron chi connectivity index (χ3n) is 4.31. The molecule has 1 aromatic carbocycles. The van der Waals surface area contributed by atoms with E-state index in [1.54, 1.807) is 5.56 Å². The minimum atomic E-state index is 0.421. The molecule has 3 unspecified atom stereocenters. The minimum Gasteiger partial charge on any atom is -0.125 e. The van der Waals surface area contributed by atoms with E-state index in [1.807, 2.05) is 11.8 Å². The van der Waals surface area contributed by atoms with Gasteiger partial charge in [0.1, 0.15) is 0 Å². The molecule has 1 aliphatic carbocycles. The summed E-state index contributed by atoms with van der Waals surface area (Å²) in [6.07, 6.45) is 5.04. The van der Waals surface area contributed by atoms with E-state index in [2.05, 4.69) is 31.2 Å². The van der Waals surface area contributed by atoms with Crippen LogP contribution in [0.3, 0.4) is 0 Å². The highest BCUT2D eigenvalue weighted by Crippen LogP contribution is 2.50. The van der Waals surface area contributed by atoms with Crippen molar-refractivity contribution in [1.82, 2.24) is 0 Å². The van der Waals surface area contributed by atoms with Crippen molar-refractivity contribution >= 4 is 23.4 Å². The minimum absolute atomic E-state index is 0.421. The van der Waals surface area contributed by atoms with E-state index in [1.165, 1.54) is 36.3 Å². The van der Waals surface area contributed by atoms with Gasteiger partial charge in [0.2, 0.25) is 0 Å². The molecule has 3 atom stereocenters. The molecule has 1 aromatic rings. The maximum atomic E-state index is 6.28. The standard InChI is InChI=1S/C15H19ClS/c1-15(7-6-12(16)9-15)8-11-10-17-14-5-3-2-4-13(11)14/h2-5,11-12H,6-10H2,1H3. The van der Waals surface area contributed by atoms with Crippen LogP contribution >= 0.6 is 23.4 Å². The van der Waals surface area contributed by atoms with E-state index in [4.69, 9.17) is 11.6 Å². The smallest absolute Gasteiger partial charge is 0.0341 e. The van der Waals surface area contributed by atoms with Gasteiger partial charge in [0, 0.05) is 16.0 Å². The summed E-state index contributed by atoms with van der Waals surface area (Å²) in [6, 6.07) is 8.91. The van der Waals surface area contributed by atoms with Crippen LogP contribution in [-0.2, 0) is 0 Å². The van der Waals surface area contributed by atoms with Gasteiger partial charge in [-0.15, -0.1) is 23.4 Å². The van der Waals surface area contributed by atoms with Gasteiger partial charge in [-0.25, -0.2) is 0 Å². The van der Waals surface area contributed by atoms with Gasteiger partial charge in [0.15, 0.2) is 0 Å². The molecule has 0 nitrogen and oxygen atoms in total. The Hall–Kier alpha value is -0.140. The fourth-order valence-electron chi connectivity index (χ4n) is 3.42. The van der Waals surface area contributed by atoms with Crippen molar-refractivity contribution in [3.05, 3.63) is 29.8 Å². The number of hydrogen-bond acceptors (Lipinski definition) is 1. The average molecular weight is 267 g/mol. The van der Waals surface area contributed by atoms with Crippen LogP contribution in [0.4, 0.5) is 0 Å². The first-order valence-corrected chi connectivity index (χ1v) is 7.94. The summed E-state index contributed by atoms with van der Waals surface area (Å²) in [7, 11) is 0. The van der Waals surface area contributed by atoms with Gasteiger partial charge >= 0.3 is 0 Å². The summed E-state index contributed by atoms with van der Waals surface area (Å²) in [5.41, 5.74) is 2.06. The molecule has 1 saturated carbocycles. The topological polar surface area (TPSA) is 0 Å². The highest BCUT2D eigenvalue weighted by Gasteiger charge is 2.37. The van der Waals surface area contributed by atoms with Crippen molar-refractivity contribution in [3.8, 4) is 0 Å². The molecule has 0 aromatic heterocycles. The number of benzene rings is 1. The number of thioether (sulfide) groups is 1. The van der Waals surface area contributed by atoms with Crippen molar-refractivity contribution in [2.45, 2.75) is 48.8 Å². The maximum absolute atomic E-state index is 6.28. The van der Waals surface area contributed by atoms with Crippen LogP contribution < -0.4 is 0 Å². The Morgan fingerprint density at radius 3 is 3.00 bits per heavy atom. The first kappa shape index (κ1) is 11.9. The summed E-state index contributed by atoms with van der Waals surface area (Å²) in [5, 5.41) is 0.421. The third kappa shape index (κ3) is 2.37. The molecule has 17 heavy (non-hydrogen) atoms. The van der Waals surface area contributed by atoms with Crippen LogP contribution in [0.2, 0.25) is 0 Å². The zero-order chi connectivity index (χ0) is 11.9. The van der Waals surface area contributed by atoms with Crippen molar-refractivity contribution in [2.24, 2.45) is 5.41 Å². The molecule has 0 spiro atoms. The largest absolute Gasteiger partial charge is 0.125 e. The Kier molecular flexibility index (Phi) is 3.16. The second-order valence-electron chi connectivity index (χ2n) is 5.90. The van der Waals surface area contributed by atoms with Gasteiger partial charge in [0.25, 0.3) is 0 Å². The van der Waals surface area contributed by atoms with Crippen molar-refractivity contribution in [1.29, 1.82) is 0 Å². The average Bonchev–Trinajstić information content (AvgIpc) is 2.85. The molecule has 0 radical (unpaired) electrons. The normalized spacial score (nSPS) is 36.1. The Balaban J connectivity index is 1.75. The molecule has 0 saturated heterocycles. The van der Waals surface area contributed by atoms with Gasteiger partial charge in [-0.3, -0.25) is 0 Å². The first-order valence-electron chi connectivity index (χ1n) is 6.52. The Morgan fingerprint density at radius 2 is 2.24 bits per heavy atom. The molecule has 0 amide bonds. The lowest BCUT2D eigenvalue weighted by Crippen LogP contribution is -2.16. The molecular formula is C15H19ClS. The number of fused-ring (bicyclic) bond motifs is 1. The fraction of sp³-hybridized carbons (Fsp3) is 0.600. The van der Waals surface area contributed by atoms with E-state index in [0.717, 1.165) is 5.92 Å². The zero-order valence-electron chi connectivity index (χ0n) is 10.3. The van der Waals surface area contributed by atoms with Crippen LogP contribution in [0.5, 0.6) is 0 Å². The Labute approximate surface area is 113 Å². The highest BCUT2D eigenvalue weighted by atomic mass is 35.5. The Morgan fingerprint density at radius 1 is 1.41 bits per heavy atom. The quantitative estimate of drug-likeness (QED) is 0.674. The number of hydrogen-bond donors (Lipinski definition) is 0. The summed E-state index contributed by atoms with van der Waals surface area (Å²) in [6.45, 7) is 2.43. The predicted octanol–water partition coefficient (Wildman–Crippen LogP) is 5.06. The van der Waals surface area contributed by atoms with E-state index in [-0.39, 0.29) is 0 Å². The van der Waals surface area contributed by atoms with E-state index in [9.17, 15) is 0 Å². The van der Waals surface area contributed by atoms with Crippen LogP contribution in [0.1, 0.15) is 44.1 Å². The molecule has 3 rings (SSSR count). The summed E-state index contributed by atoms with van der Waals surface area (Å²) >= 11 is 8.30. The van der Waals surface area contributed by atoms with E-state index < -0.39 is 0 Å². The second kappa shape index (κ2) is 4.51. The number of halogens is 1. The van der Waals surface area contributed by atoms with Crippen LogP contribution in [0.15, 0.2) is 29.2 Å². The molecule has 2 aliphatic rings. The highest BCUT2D eigenvalue weighted by molar-refractivity contribution is 7.99. The van der Waals surface area contributed by atoms with Crippen LogP contribution in [0, 0.1) is 5.41 Å². The van der Waals surface area contributed by atoms with Crippen molar-refractivity contribution < 1.29 is 0 Å². The molecule has 0 N–H and O–H groups in total. The molecule has 1 fully saturated rings. The van der Waals surface area contributed by atoms with E-state index >= 15 is 0 Å². The first-order chi connectivity index (χ1) is 8.16. The fourth-order valence-corrected chi connectivity index (χ4v) is 5.16. The molecule has 92 valence electrons. The lowest BCUT2D eigenvalue weighted by atomic mass is 9.78. The van der Waals surface area contributed by atoms with Crippen LogP contribution in [0.25, 0.3) is 0 Å². The Bertz CT molecular complexity index is 417. The molecule has 2 heteroatoms. The second-order valence-corrected chi connectivity index (χ2v) is 7.58. The summed E-state index contributed by atoms with van der Waals surface area (Å²) in [5.74, 6) is 2.02. The molecule has 1 aliphatic heterocycles. The monoisotopic (exact) mass is 266 g/mol. The van der Waals surface area contributed by atoms with Crippen molar-refractivity contribution in [2.75, 3.05) is 5.75 Å².